The summed E-state index contributed by atoms with van der Waals surface area (Å²) in [5.74, 6) is -0.980. The lowest BCUT2D eigenvalue weighted by molar-refractivity contribution is -0.120. The van der Waals surface area contributed by atoms with Gasteiger partial charge < -0.3 is 10.1 Å². The number of hydrogen-bond acceptors (Lipinski definition) is 5. The minimum Gasteiger partial charge on any atom is -0.423 e. The fraction of sp³-hybridized carbons (Fsp3) is 0.0435. The Morgan fingerprint density at radius 3 is 2.45 bits per heavy atom. The molecule has 0 saturated carbocycles. The molecule has 0 spiro atoms. The maximum absolute atomic E-state index is 12.3. The molecule has 7 nitrogen and oxygen atoms in total. The van der Waals surface area contributed by atoms with Crippen LogP contribution >= 0.6 is 15.9 Å². The van der Waals surface area contributed by atoms with Gasteiger partial charge >= 0.3 is 5.97 Å². The quantitative estimate of drug-likeness (QED) is 0.234. The van der Waals surface area contributed by atoms with Crippen molar-refractivity contribution in [2.75, 3.05) is 6.54 Å². The van der Waals surface area contributed by atoms with E-state index in [2.05, 4.69) is 31.8 Å². The Morgan fingerprint density at radius 1 is 0.935 bits per heavy atom. The second-order valence-electron chi connectivity index (χ2n) is 6.28. The van der Waals surface area contributed by atoms with Crippen LogP contribution in [-0.2, 0) is 4.79 Å². The third-order valence-corrected chi connectivity index (χ3v) is 4.70. The van der Waals surface area contributed by atoms with Crippen LogP contribution in [0, 0.1) is 0 Å². The molecule has 0 heterocycles. The predicted molar refractivity (Wildman–Crippen MR) is 120 cm³/mol. The smallest absolute Gasteiger partial charge is 0.344 e. The summed E-state index contributed by atoms with van der Waals surface area (Å²) in [6, 6.07) is 22.2. The minimum absolute atomic E-state index is 0.214. The first kappa shape index (κ1) is 21.9. The fourth-order valence-electron chi connectivity index (χ4n) is 2.52. The number of rotatable bonds is 7. The maximum atomic E-state index is 12.3. The van der Waals surface area contributed by atoms with Gasteiger partial charge in [-0.25, -0.2) is 10.2 Å². The van der Waals surface area contributed by atoms with E-state index in [-0.39, 0.29) is 12.5 Å². The Labute approximate surface area is 187 Å². The van der Waals surface area contributed by atoms with E-state index in [0.29, 0.717) is 26.9 Å². The van der Waals surface area contributed by atoms with E-state index in [0.717, 1.165) is 0 Å². The van der Waals surface area contributed by atoms with Crippen molar-refractivity contribution >= 4 is 39.9 Å². The van der Waals surface area contributed by atoms with E-state index in [9.17, 15) is 14.4 Å². The first-order chi connectivity index (χ1) is 15.0. The van der Waals surface area contributed by atoms with Crippen LogP contribution in [0.4, 0.5) is 0 Å². The number of hydrazone groups is 1. The summed E-state index contributed by atoms with van der Waals surface area (Å²) in [5.41, 5.74) is 3.82. The lowest BCUT2D eigenvalue weighted by Gasteiger charge is -2.06. The summed E-state index contributed by atoms with van der Waals surface area (Å²) in [5, 5.41) is 6.37. The monoisotopic (exact) mass is 479 g/mol. The molecule has 156 valence electrons. The molecule has 0 atom stereocenters. The van der Waals surface area contributed by atoms with E-state index < -0.39 is 11.9 Å². The molecule has 3 aromatic carbocycles. The molecular formula is C23H18BrN3O4. The molecule has 3 rings (SSSR count). The van der Waals surface area contributed by atoms with Crippen LogP contribution in [0.25, 0.3) is 0 Å². The van der Waals surface area contributed by atoms with Gasteiger partial charge in [-0.2, -0.15) is 5.10 Å². The van der Waals surface area contributed by atoms with Crippen LogP contribution in [0.1, 0.15) is 26.3 Å². The van der Waals surface area contributed by atoms with Gasteiger partial charge in [-0.3, -0.25) is 9.59 Å². The van der Waals surface area contributed by atoms with Crippen molar-refractivity contribution in [3.8, 4) is 5.75 Å². The molecule has 0 fully saturated rings. The van der Waals surface area contributed by atoms with E-state index in [4.69, 9.17) is 4.74 Å². The minimum atomic E-state index is -0.496. The number of benzene rings is 3. The molecule has 0 bridgehead atoms. The highest BCUT2D eigenvalue weighted by molar-refractivity contribution is 9.10. The van der Waals surface area contributed by atoms with Gasteiger partial charge in [0.15, 0.2) is 0 Å². The lowest BCUT2D eigenvalue weighted by atomic mass is 10.2. The van der Waals surface area contributed by atoms with Gasteiger partial charge in [0.1, 0.15) is 5.75 Å². The lowest BCUT2D eigenvalue weighted by Crippen LogP contribution is -2.34. The highest BCUT2D eigenvalue weighted by Gasteiger charge is 2.12. The Hall–Kier alpha value is -3.78. The SMILES string of the molecule is O=C(CNC(=O)c1ccccc1)NN=Cc1cccc(OC(=O)c2ccccc2Br)c1. The Bertz CT molecular complexity index is 1120. The van der Waals surface area contributed by atoms with Crippen molar-refractivity contribution in [3.63, 3.8) is 0 Å². The Balaban J connectivity index is 1.51. The highest BCUT2D eigenvalue weighted by Crippen LogP contribution is 2.19. The summed E-state index contributed by atoms with van der Waals surface area (Å²) in [4.78, 5) is 36.1. The zero-order valence-corrected chi connectivity index (χ0v) is 17.8. The van der Waals surface area contributed by atoms with E-state index >= 15 is 0 Å². The molecule has 31 heavy (non-hydrogen) atoms. The second-order valence-corrected chi connectivity index (χ2v) is 7.14. The average Bonchev–Trinajstić information content (AvgIpc) is 2.78. The predicted octanol–water partition coefficient (Wildman–Crippen LogP) is 3.55. The number of esters is 1. The van der Waals surface area contributed by atoms with Crippen molar-refractivity contribution < 1.29 is 19.1 Å². The zero-order valence-electron chi connectivity index (χ0n) is 16.2. The molecule has 0 aliphatic rings. The molecule has 2 amide bonds. The van der Waals surface area contributed by atoms with Crippen molar-refractivity contribution in [1.82, 2.24) is 10.7 Å². The van der Waals surface area contributed by atoms with Crippen LogP contribution in [0.3, 0.4) is 0 Å². The summed E-state index contributed by atoms with van der Waals surface area (Å²) in [6.45, 7) is -0.214. The molecule has 3 aromatic rings. The van der Waals surface area contributed by atoms with Crippen molar-refractivity contribution in [1.29, 1.82) is 0 Å². The summed E-state index contributed by atoms with van der Waals surface area (Å²) in [6.07, 6.45) is 1.41. The molecule has 0 unspecified atom stereocenters. The largest absolute Gasteiger partial charge is 0.423 e. The fourth-order valence-corrected chi connectivity index (χ4v) is 2.96. The van der Waals surface area contributed by atoms with E-state index in [1.54, 1.807) is 78.9 Å². The molecular weight excluding hydrogens is 462 g/mol. The molecule has 0 radical (unpaired) electrons. The third kappa shape index (κ3) is 6.61. The molecule has 0 aliphatic heterocycles. The van der Waals surface area contributed by atoms with Gasteiger partial charge in [0.05, 0.1) is 18.3 Å². The van der Waals surface area contributed by atoms with Gasteiger partial charge in [0.25, 0.3) is 11.8 Å². The highest BCUT2D eigenvalue weighted by atomic mass is 79.9. The van der Waals surface area contributed by atoms with E-state index in [1.807, 2.05) is 0 Å². The van der Waals surface area contributed by atoms with Crippen LogP contribution in [0.5, 0.6) is 5.75 Å². The maximum Gasteiger partial charge on any atom is 0.344 e. The number of halogens is 1. The number of ether oxygens (including phenoxy) is 1. The Kier molecular flexibility index (Phi) is 7.67. The third-order valence-electron chi connectivity index (χ3n) is 4.01. The van der Waals surface area contributed by atoms with Gasteiger partial charge in [-0.1, -0.05) is 42.5 Å². The van der Waals surface area contributed by atoms with Crippen LogP contribution in [0.15, 0.2) is 88.4 Å². The summed E-state index contributed by atoms with van der Waals surface area (Å²) < 4.78 is 6.03. The first-order valence-electron chi connectivity index (χ1n) is 9.25. The number of hydrogen-bond donors (Lipinski definition) is 2. The van der Waals surface area contributed by atoms with Crippen molar-refractivity contribution in [3.05, 3.63) is 100 Å². The number of carbonyl (C=O) groups is 3. The summed E-state index contributed by atoms with van der Waals surface area (Å²) >= 11 is 3.32. The van der Waals surface area contributed by atoms with Gasteiger partial charge in [0.2, 0.25) is 0 Å². The van der Waals surface area contributed by atoms with Crippen LogP contribution in [0.2, 0.25) is 0 Å². The normalized spacial score (nSPS) is 10.5. The topological polar surface area (TPSA) is 96.9 Å². The number of carbonyl (C=O) groups excluding carboxylic acids is 3. The first-order valence-corrected chi connectivity index (χ1v) is 10.0. The van der Waals surface area contributed by atoms with E-state index in [1.165, 1.54) is 6.21 Å². The second kappa shape index (κ2) is 10.8. The number of nitrogens with one attached hydrogen (secondary N) is 2. The average molecular weight is 480 g/mol. The molecule has 0 aromatic heterocycles. The summed E-state index contributed by atoms with van der Waals surface area (Å²) in [7, 11) is 0. The standard InChI is InChI=1S/C23H18BrN3O4/c24-20-12-5-4-11-19(20)23(30)31-18-10-6-7-16(13-18)14-26-27-21(28)15-25-22(29)17-8-2-1-3-9-17/h1-14H,15H2,(H,25,29)(H,27,28). The molecule has 0 saturated heterocycles. The number of nitrogens with zero attached hydrogens (tertiary/aromatic N) is 1. The molecule has 8 heteroatoms. The molecule has 0 aliphatic carbocycles. The van der Waals surface area contributed by atoms with Gasteiger partial charge in [0, 0.05) is 10.0 Å². The zero-order chi connectivity index (χ0) is 22.1. The molecule has 2 N–H and O–H groups in total. The van der Waals surface area contributed by atoms with Crippen LogP contribution in [-0.4, -0.2) is 30.5 Å². The number of amides is 2. The van der Waals surface area contributed by atoms with Crippen LogP contribution < -0.4 is 15.5 Å². The van der Waals surface area contributed by atoms with Gasteiger partial charge in [-0.15, -0.1) is 0 Å². The van der Waals surface area contributed by atoms with Gasteiger partial charge in [-0.05, 0) is 57.9 Å². The Morgan fingerprint density at radius 2 is 1.68 bits per heavy atom. The van der Waals surface area contributed by atoms with Crippen molar-refractivity contribution in [2.24, 2.45) is 5.10 Å². The van der Waals surface area contributed by atoms with Crippen molar-refractivity contribution in [2.45, 2.75) is 0 Å².